The van der Waals surface area contributed by atoms with E-state index in [0.717, 1.165) is 13.0 Å². The van der Waals surface area contributed by atoms with E-state index in [1.54, 1.807) is 6.92 Å². The Morgan fingerprint density at radius 2 is 2.25 bits per heavy atom. The summed E-state index contributed by atoms with van der Waals surface area (Å²) >= 11 is 0. The number of hydrogen-bond donors (Lipinski definition) is 2. The Bertz CT molecular complexity index is 45.8. The summed E-state index contributed by atoms with van der Waals surface area (Å²) in [7, 11) is 0. The normalized spacial score (nSPS) is 13.9. The van der Waals surface area contributed by atoms with E-state index in [1.165, 1.54) is 0 Å². The van der Waals surface area contributed by atoms with Crippen molar-refractivity contribution in [1.82, 2.24) is 5.32 Å². The smallest absolute Gasteiger partial charge is 0.0636 e. The van der Waals surface area contributed by atoms with E-state index < -0.39 is 0 Å². The van der Waals surface area contributed by atoms with E-state index in [-0.39, 0.29) is 6.10 Å². The maximum atomic E-state index is 8.72. The first-order chi connectivity index (χ1) is 3.77. The summed E-state index contributed by atoms with van der Waals surface area (Å²) in [6.45, 7) is 5.61. The van der Waals surface area contributed by atoms with Crippen molar-refractivity contribution in [3.8, 4) is 0 Å². The second-order valence-corrected chi connectivity index (χ2v) is 2.05. The Morgan fingerprint density at radius 3 is 2.62 bits per heavy atom. The summed E-state index contributed by atoms with van der Waals surface area (Å²) in [6.07, 6.45) is 0.925. The van der Waals surface area contributed by atoms with E-state index in [2.05, 4.69) is 12.2 Å². The lowest BCUT2D eigenvalue weighted by Crippen LogP contribution is -2.24. The molecule has 0 saturated heterocycles. The highest BCUT2D eigenvalue weighted by atomic mass is 16.3. The Hall–Kier alpha value is -0.0800. The molecule has 2 N–H and O–H groups in total. The maximum Gasteiger partial charge on any atom is 0.0636 e. The highest BCUT2D eigenvalue weighted by Gasteiger charge is 1.90. The quantitative estimate of drug-likeness (QED) is 0.521. The third kappa shape index (κ3) is 5.92. The molecule has 2 heteroatoms. The van der Waals surface area contributed by atoms with Gasteiger partial charge in [0.05, 0.1) is 6.10 Å². The van der Waals surface area contributed by atoms with Crippen molar-refractivity contribution >= 4 is 0 Å². The minimum atomic E-state index is -0.207. The minimum Gasteiger partial charge on any atom is -0.392 e. The Morgan fingerprint density at radius 1 is 1.62 bits per heavy atom. The van der Waals surface area contributed by atoms with Gasteiger partial charge in [0, 0.05) is 6.54 Å². The largest absolute Gasteiger partial charge is 0.392 e. The van der Waals surface area contributed by atoms with Crippen LogP contribution in [0.2, 0.25) is 0 Å². The zero-order valence-electron chi connectivity index (χ0n) is 5.65. The van der Waals surface area contributed by atoms with Crippen LogP contribution in [0, 0.1) is 0 Å². The molecule has 0 aliphatic heterocycles. The molecule has 0 spiro atoms. The first kappa shape index (κ1) is 7.92. The van der Waals surface area contributed by atoms with Crippen LogP contribution in [0.5, 0.6) is 0 Å². The maximum absolute atomic E-state index is 8.72. The molecular weight excluding hydrogens is 102 g/mol. The summed E-state index contributed by atoms with van der Waals surface area (Å²) in [4.78, 5) is 0. The number of aliphatic hydroxyl groups excluding tert-OH is 1. The van der Waals surface area contributed by atoms with Gasteiger partial charge in [0.1, 0.15) is 0 Å². The fourth-order valence-electron chi connectivity index (χ4n) is 0.488. The standard InChI is InChI=1S/C6H15NO/c1-3-4-7-5-6(2)8/h6-8H,3-5H2,1-2H3/t6-/m1/s1. The number of aliphatic hydroxyl groups is 1. The monoisotopic (exact) mass is 117 g/mol. The van der Waals surface area contributed by atoms with E-state index in [1.807, 2.05) is 0 Å². The zero-order chi connectivity index (χ0) is 6.41. The van der Waals surface area contributed by atoms with Gasteiger partial charge in [-0.25, -0.2) is 0 Å². The molecule has 0 aliphatic rings. The molecule has 0 bridgehead atoms. The molecule has 0 heterocycles. The van der Waals surface area contributed by atoms with Crippen LogP contribution in [0.1, 0.15) is 20.3 Å². The van der Waals surface area contributed by atoms with Crippen molar-refractivity contribution < 1.29 is 5.11 Å². The van der Waals surface area contributed by atoms with Crippen LogP contribution in [-0.4, -0.2) is 24.3 Å². The van der Waals surface area contributed by atoms with Gasteiger partial charge >= 0.3 is 0 Å². The van der Waals surface area contributed by atoms with Gasteiger partial charge in [-0.15, -0.1) is 0 Å². The second-order valence-electron chi connectivity index (χ2n) is 2.05. The fraction of sp³-hybridized carbons (Fsp3) is 1.00. The molecule has 2 nitrogen and oxygen atoms in total. The molecule has 1 atom stereocenters. The Balaban J connectivity index is 2.72. The predicted octanol–water partition coefficient (Wildman–Crippen LogP) is 0.367. The molecule has 0 unspecified atom stereocenters. The topological polar surface area (TPSA) is 32.3 Å². The zero-order valence-corrected chi connectivity index (χ0v) is 5.65. The molecule has 50 valence electrons. The summed E-state index contributed by atoms with van der Waals surface area (Å²) in [5.74, 6) is 0. The van der Waals surface area contributed by atoms with Gasteiger partial charge < -0.3 is 10.4 Å². The van der Waals surface area contributed by atoms with Crippen LogP contribution in [0.25, 0.3) is 0 Å². The molecule has 0 amide bonds. The molecule has 0 aromatic rings. The average molecular weight is 117 g/mol. The Labute approximate surface area is 50.9 Å². The van der Waals surface area contributed by atoms with Crippen molar-refractivity contribution in [3.63, 3.8) is 0 Å². The van der Waals surface area contributed by atoms with E-state index >= 15 is 0 Å². The Kier molecular flexibility index (Phi) is 5.01. The molecule has 0 radical (unpaired) electrons. The van der Waals surface area contributed by atoms with E-state index in [9.17, 15) is 0 Å². The minimum absolute atomic E-state index is 0.207. The van der Waals surface area contributed by atoms with Crippen molar-refractivity contribution in [3.05, 3.63) is 0 Å². The predicted molar refractivity (Wildman–Crippen MR) is 34.8 cm³/mol. The number of nitrogens with one attached hydrogen (secondary N) is 1. The molecule has 0 rings (SSSR count). The van der Waals surface area contributed by atoms with Crippen LogP contribution < -0.4 is 5.32 Å². The lowest BCUT2D eigenvalue weighted by Gasteiger charge is -2.03. The SMILES string of the molecule is CCCNC[C@@H](C)O. The van der Waals surface area contributed by atoms with Gasteiger partial charge in [-0.3, -0.25) is 0 Å². The third-order valence-corrected chi connectivity index (χ3v) is 0.867. The molecule has 0 aliphatic carbocycles. The van der Waals surface area contributed by atoms with Gasteiger partial charge in [0.15, 0.2) is 0 Å². The van der Waals surface area contributed by atoms with Crippen LogP contribution in [0.4, 0.5) is 0 Å². The van der Waals surface area contributed by atoms with Crippen molar-refractivity contribution in [2.75, 3.05) is 13.1 Å². The van der Waals surface area contributed by atoms with Crippen LogP contribution in [0.15, 0.2) is 0 Å². The molecule has 0 saturated carbocycles. The summed E-state index contributed by atoms with van der Waals surface area (Å²) in [6, 6.07) is 0. The molecule has 0 aromatic carbocycles. The van der Waals surface area contributed by atoms with E-state index in [0.29, 0.717) is 6.54 Å². The third-order valence-electron chi connectivity index (χ3n) is 0.867. The number of rotatable bonds is 4. The molecule has 8 heavy (non-hydrogen) atoms. The van der Waals surface area contributed by atoms with Gasteiger partial charge in [-0.2, -0.15) is 0 Å². The average Bonchev–Trinajstić information content (AvgIpc) is 1.66. The highest BCUT2D eigenvalue weighted by molar-refractivity contribution is 4.50. The van der Waals surface area contributed by atoms with Gasteiger partial charge in [-0.05, 0) is 19.9 Å². The molecule has 0 aromatic heterocycles. The molecular formula is C6H15NO. The van der Waals surface area contributed by atoms with Crippen LogP contribution in [0.3, 0.4) is 0 Å². The van der Waals surface area contributed by atoms with Crippen molar-refractivity contribution in [2.24, 2.45) is 0 Å². The summed E-state index contributed by atoms with van der Waals surface area (Å²) in [5, 5.41) is 11.8. The van der Waals surface area contributed by atoms with E-state index in [4.69, 9.17) is 5.11 Å². The fourth-order valence-corrected chi connectivity index (χ4v) is 0.488. The second kappa shape index (κ2) is 5.06. The lowest BCUT2D eigenvalue weighted by atomic mass is 10.4. The van der Waals surface area contributed by atoms with Crippen molar-refractivity contribution in [2.45, 2.75) is 26.4 Å². The first-order valence-electron chi connectivity index (χ1n) is 3.16. The van der Waals surface area contributed by atoms with Crippen molar-refractivity contribution in [1.29, 1.82) is 0 Å². The first-order valence-corrected chi connectivity index (χ1v) is 3.16. The van der Waals surface area contributed by atoms with Crippen LogP contribution >= 0.6 is 0 Å². The summed E-state index contributed by atoms with van der Waals surface area (Å²) < 4.78 is 0. The summed E-state index contributed by atoms with van der Waals surface area (Å²) in [5.41, 5.74) is 0. The lowest BCUT2D eigenvalue weighted by molar-refractivity contribution is 0.191. The van der Waals surface area contributed by atoms with Gasteiger partial charge in [-0.1, -0.05) is 6.92 Å². The number of hydrogen-bond acceptors (Lipinski definition) is 2. The van der Waals surface area contributed by atoms with Crippen LogP contribution in [-0.2, 0) is 0 Å². The molecule has 0 fully saturated rings. The van der Waals surface area contributed by atoms with Gasteiger partial charge in [0.2, 0.25) is 0 Å². The van der Waals surface area contributed by atoms with Gasteiger partial charge in [0.25, 0.3) is 0 Å². The highest BCUT2D eigenvalue weighted by Crippen LogP contribution is 1.75.